The smallest absolute Gasteiger partial charge is 0.265 e. The Kier molecular flexibility index (Phi) is 4.04. The van der Waals surface area contributed by atoms with Gasteiger partial charge in [0.25, 0.3) is 5.95 Å². The number of pyridine rings is 1. The van der Waals surface area contributed by atoms with Gasteiger partial charge in [0.1, 0.15) is 5.52 Å². The van der Waals surface area contributed by atoms with Crippen LogP contribution in [0.1, 0.15) is 19.0 Å². The first-order valence-electron chi connectivity index (χ1n) is 8.18. The Morgan fingerprint density at radius 3 is 2.84 bits per heavy atom. The summed E-state index contributed by atoms with van der Waals surface area (Å²) in [6, 6.07) is 13.8. The van der Waals surface area contributed by atoms with E-state index in [1.54, 1.807) is 12.4 Å². The van der Waals surface area contributed by atoms with Gasteiger partial charge in [0, 0.05) is 18.1 Å². The minimum Gasteiger partial charge on any atom is -0.324 e. The molecule has 25 heavy (non-hydrogen) atoms. The van der Waals surface area contributed by atoms with Crippen molar-refractivity contribution in [2.24, 2.45) is 5.10 Å². The lowest BCUT2D eigenvalue weighted by Crippen LogP contribution is -2.03. The van der Waals surface area contributed by atoms with E-state index in [9.17, 15) is 0 Å². The molecule has 4 rings (SSSR count). The molecule has 0 amide bonds. The highest BCUT2D eigenvalue weighted by molar-refractivity contribution is 6.04. The largest absolute Gasteiger partial charge is 0.324 e. The Labute approximate surface area is 144 Å². The first kappa shape index (κ1) is 15.2. The number of para-hydroxylation sites is 1. The first-order valence-corrected chi connectivity index (χ1v) is 8.18. The molecular weight excluding hydrogens is 314 g/mol. The Balaban J connectivity index is 1.71. The minimum atomic E-state index is 0.361. The van der Waals surface area contributed by atoms with Gasteiger partial charge in [0.2, 0.25) is 0 Å². The van der Waals surface area contributed by atoms with Crippen LogP contribution in [0.3, 0.4) is 0 Å². The van der Waals surface area contributed by atoms with Crippen LogP contribution in [0.25, 0.3) is 22.1 Å². The van der Waals surface area contributed by atoms with Crippen LogP contribution in [0.4, 0.5) is 5.95 Å². The zero-order chi connectivity index (χ0) is 17.1. The topological polar surface area (TPSA) is 80.9 Å². The van der Waals surface area contributed by atoms with E-state index in [-0.39, 0.29) is 0 Å². The number of anilines is 1. The van der Waals surface area contributed by atoms with Crippen LogP contribution in [0.15, 0.2) is 53.8 Å². The van der Waals surface area contributed by atoms with Gasteiger partial charge < -0.3 is 4.57 Å². The van der Waals surface area contributed by atoms with E-state index in [2.05, 4.69) is 48.2 Å². The fraction of sp³-hybridized carbons (Fsp3) is 0.167. The molecule has 4 aromatic rings. The highest BCUT2D eigenvalue weighted by atomic mass is 15.4. The second-order valence-electron chi connectivity index (χ2n) is 5.60. The van der Waals surface area contributed by atoms with Crippen LogP contribution in [0.2, 0.25) is 0 Å². The number of rotatable bonds is 5. The number of hydrogen-bond donors (Lipinski definition) is 1. The van der Waals surface area contributed by atoms with Crippen molar-refractivity contribution in [3.63, 3.8) is 0 Å². The summed E-state index contributed by atoms with van der Waals surface area (Å²) in [4.78, 5) is 8.78. The SMILES string of the molecule is CCCn1c2ccccc2c2nnc(N/N=C/c3ccccn3)nc21. The quantitative estimate of drug-likeness (QED) is 0.448. The molecule has 3 aromatic heterocycles. The van der Waals surface area contributed by atoms with Crippen molar-refractivity contribution in [2.45, 2.75) is 19.9 Å². The van der Waals surface area contributed by atoms with Crippen LogP contribution in [-0.4, -0.2) is 30.9 Å². The van der Waals surface area contributed by atoms with Crippen LogP contribution in [0.5, 0.6) is 0 Å². The molecule has 7 nitrogen and oxygen atoms in total. The van der Waals surface area contributed by atoms with Gasteiger partial charge in [-0.3, -0.25) is 4.98 Å². The highest BCUT2D eigenvalue weighted by Gasteiger charge is 2.13. The highest BCUT2D eigenvalue weighted by Crippen LogP contribution is 2.26. The molecule has 0 aliphatic heterocycles. The van der Waals surface area contributed by atoms with E-state index in [0.29, 0.717) is 5.95 Å². The fourth-order valence-electron chi connectivity index (χ4n) is 2.81. The molecule has 0 aliphatic rings. The predicted octanol–water partition coefficient (Wildman–Crippen LogP) is 3.23. The first-order chi connectivity index (χ1) is 12.4. The number of nitrogens with zero attached hydrogens (tertiary/aromatic N) is 6. The summed E-state index contributed by atoms with van der Waals surface area (Å²) in [5.41, 5.74) is 6.33. The third kappa shape index (κ3) is 2.91. The number of aromatic nitrogens is 5. The molecule has 0 bridgehead atoms. The Bertz CT molecular complexity index is 1040. The molecule has 7 heteroatoms. The third-order valence-electron chi connectivity index (χ3n) is 3.87. The second kappa shape index (κ2) is 6.64. The summed E-state index contributed by atoms with van der Waals surface area (Å²) in [6.45, 7) is 3.02. The van der Waals surface area contributed by atoms with Crippen molar-refractivity contribution in [3.05, 3.63) is 54.4 Å². The van der Waals surface area contributed by atoms with Crippen LogP contribution < -0.4 is 5.43 Å². The van der Waals surface area contributed by atoms with Gasteiger partial charge in [-0.15, -0.1) is 10.2 Å². The molecule has 0 radical (unpaired) electrons. The van der Waals surface area contributed by atoms with E-state index in [1.807, 2.05) is 36.4 Å². The molecule has 1 aromatic carbocycles. The van der Waals surface area contributed by atoms with Gasteiger partial charge in [-0.25, -0.2) is 5.43 Å². The maximum absolute atomic E-state index is 4.61. The maximum Gasteiger partial charge on any atom is 0.265 e. The molecule has 0 saturated carbocycles. The maximum atomic E-state index is 4.61. The fourth-order valence-corrected chi connectivity index (χ4v) is 2.81. The molecule has 3 heterocycles. The predicted molar refractivity (Wildman–Crippen MR) is 98.6 cm³/mol. The van der Waals surface area contributed by atoms with E-state index < -0.39 is 0 Å². The van der Waals surface area contributed by atoms with Gasteiger partial charge in [-0.2, -0.15) is 10.1 Å². The van der Waals surface area contributed by atoms with Gasteiger partial charge in [-0.05, 0) is 24.6 Å². The number of benzene rings is 1. The summed E-state index contributed by atoms with van der Waals surface area (Å²) < 4.78 is 2.17. The van der Waals surface area contributed by atoms with Gasteiger partial charge >= 0.3 is 0 Å². The molecule has 0 spiro atoms. The molecule has 0 aliphatic carbocycles. The average molecular weight is 331 g/mol. The molecule has 0 unspecified atom stereocenters. The molecular formula is C18H17N7. The van der Waals surface area contributed by atoms with Gasteiger partial charge in [0.15, 0.2) is 5.65 Å². The van der Waals surface area contributed by atoms with Crippen molar-refractivity contribution in [1.82, 2.24) is 24.7 Å². The van der Waals surface area contributed by atoms with Crippen LogP contribution in [-0.2, 0) is 6.54 Å². The summed E-state index contributed by atoms with van der Waals surface area (Å²) >= 11 is 0. The zero-order valence-electron chi connectivity index (χ0n) is 13.8. The second-order valence-corrected chi connectivity index (χ2v) is 5.60. The van der Waals surface area contributed by atoms with Crippen LogP contribution >= 0.6 is 0 Å². The van der Waals surface area contributed by atoms with Gasteiger partial charge in [-0.1, -0.05) is 31.2 Å². The lowest BCUT2D eigenvalue weighted by atomic mass is 10.2. The standard InChI is InChI=1S/C18H17N7/c1-2-11-25-15-9-4-3-8-14(15)16-17(25)21-18(24-22-16)23-20-12-13-7-5-6-10-19-13/h3-10,12H,2,11H2,1H3,(H,21,23,24)/b20-12+. The number of fused-ring (bicyclic) bond motifs is 3. The summed E-state index contributed by atoms with van der Waals surface area (Å²) in [5.74, 6) is 0.361. The van der Waals surface area contributed by atoms with Crippen molar-refractivity contribution in [1.29, 1.82) is 0 Å². The van der Waals surface area contributed by atoms with E-state index in [1.165, 1.54) is 0 Å². The third-order valence-corrected chi connectivity index (χ3v) is 3.87. The molecule has 0 saturated heterocycles. The number of aryl methyl sites for hydroxylation is 1. The van der Waals surface area contributed by atoms with Crippen molar-refractivity contribution < 1.29 is 0 Å². The van der Waals surface area contributed by atoms with Gasteiger partial charge in [0.05, 0.1) is 17.4 Å². The minimum absolute atomic E-state index is 0.361. The molecule has 1 N–H and O–H groups in total. The molecule has 0 fully saturated rings. The Morgan fingerprint density at radius 1 is 1.12 bits per heavy atom. The number of hydrazone groups is 1. The summed E-state index contributed by atoms with van der Waals surface area (Å²) in [6.07, 6.45) is 4.35. The molecule has 124 valence electrons. The number of hydrogen-bond acceptors (Lipinski definition) is 6. The van der Waals surface area contributed by atoms with Crippen molar-refractivity contribution in [2.75, 3.05) is 5.43 Å². The van der Waals surface area contributed by atoms with E-state index >= 15 is 0 Å². The monoisotopic (exact) mass is 331 g/mol. The van der Waals surface area contributed by atoms with Crippen molar-refractivity contribution >= 4 is 34.2 Å². The lowest BCUT2D eigenvalue weighted by molar-refractivity contribution is 0.716. The Morgan fingerprint density at radius 2 is 2.00 bits per heavy atom. The number of nitrogens with one attached hydrogen (secondary N) is 1. The van der Waals surface area contributed by atoms with Crippen molar-refractivity contribution in [3.8, 4) is 0 Å². The van der Waals surface area contributed by atoms with Crippen LogP contribution in [0, 0.1) is 0 Å². The lowest BCUT2D eigenvalue weighted by Gasteiger charge is -2.04. The summed E-state index contributed by atoms with van der Waals surface area (Å²) in [5, 5.41) is 13.7. The normalized spacial score (nSPS) is 11.6. The van der Waals surface area contributed by atoms with E-state index in [0.717, 1.165) is 40.7 Å². The zero-order valence-corrected chi connectivity index (χ0v) is 13.8. The average Bonchev–Trinajstić information content (AvgIpc) is 2.97. The van der Waals surface area contributed by atoms with E-state index in [4.69, 9.17) is 0 Å². The summed E-state index contributed by atoms with van der Waals surface area (Å²) in [7, 11) is 0. The molecule has 0 atom stereocenters. The Hall–Kier alpha value is -3.35.